The van der Waals surface area contributed by atoms with Crippen LogP contribution in [0.2, 0.25) is 0 Å². The minimum absolute atomic E-state index is 0.117. The summed E-state index contributed by atoms with van der Waals surface area (Å²) in [6, 6.07) is 13.7. The van der Waals surface area contributed by atoms with Crippen molar-refractivity contribution in [2.24, 2.45) is 0 Å². The van der Waals surface area contributed by atoms with Gasteiger partial charge in [-0.2, -0.15) is 13.2 Å². The topological polar surface area (TPSA) is 121 Å². The number of nitrogens with one attached hydrogen (secondary N) is 2. The molecule has 12 heteroatoms. The summed E-state index contributed by atoms with van der Waals surface area (Å²) >= 11 is 1.34. The molecule has 242 valence electrons. The highest BCUT2D eigenvalue weighted by Gasteiger charge is 2.30. The Kier molecular flexibility index (Phi) is 10.6. The Labute approximate surface area is 269 Å². The van der Waals surface area contributed by atoms with Gasteiger partial charge in [0.2, 0.25) is 5.91 Å². The van der Waals surface area contributed by atoms with Crippen LogP contribution in [0.3, 0.4) is 0 Å². The molecule has 4 rings (SSSR count). The molecular weight excluding hydrogens is 617 g/mol. The SMILES string of the molecule is C[C@@H](NC(=O)[C@H](Cc1ccc(-c2ncc(CCc3ccc(C(F)(F)F)cc3)cn2)cc1)NC(=O)c1ccc(C(C)(C)C)s1)C(=O)O. The fraction of sp³-hybridized carbons (Fsp3) is 0.324. The number of nitrogens with zero attached hydrogens (tertiary/aromatic N) is 2. The minimum atomic E-state index is -4.37. The van der Waals surface area contributed by atoms with Crippen molar-refractivity contribution in [3.05, 3.63) is 105 Å². The zero-order chi connectivity index (χ0) is 33.6. The second-order valence-corrected chi connectivity index (χ2v) is 13.1. The van der Waals surface area contributed by atoms with Gasteiger partial charge in [-0.05, 0) is 66.1 Å². The van der Waals surface area contributed by atoms with Gasteiger partial charge in [0.1, 0.15) is 12.1 Å². The molecule has 4 aromatic rings. The fourth-order valence-electron chi connectivity index (χ4n) is 4.48. The number of aliphatic carboxylic acids is 1. The monoisotopic (exact) mass is 652 g/mol. The molecule has 0 unspecified atom stereocenters. The second-order valence-electron chi connectivity index (χ2n) is 12.0. The van der Waals surface area contributed by atoms with E-state index < -0.39 is 41.6 Å². The van der Waals surface area contributed by atoms with Gasteiger partial charge in [0.25, 0.3) is 5.91 Å². The Bertz CT molecular complexity index is 1660. The minimum Gasteiger partial charge on any atom is -0.480 e. The first-order chi connectivity index (χ1) is 21.6. The van der Waals surface area contributed by atoms with Gasteiger partial charge < -0.3 is 15.7 Å². The molecule has 0 bridgehead atoms. The summed E-state index contributed by atoms with van der Waals surface area (Å²) in [4.78, 5) is 47.8. The number of amides is 2. The van der Waals surface area contributed by atoms with Crippen molar-refractivity contribution in [3.63, 3.8) is 0 Å². The number of aryl methyl sites for hydroxylation is 2. The van der Waals surface area contributed by atoms with Crippen molar-refractivity contribution in [2.75, 3.05) is 0 Å². The molecule has 2 aromatic heterocycles. The van der Waals surface area contributed by atoms with Crippen LogP contribution in [0.1, 0.15) is 64.5 Å². The Hall–Kier alpha value is -4.58. The summed E-state index contributed by atoms with van der Waals surface area (Å²) in [5.41, 5.74) is 2.23. The predicted octanol–water partition coefficient (Wildman–Crippen LogP) is 6.24. The van der Waals surface area contributed by atoms with Crippen LogP contribution < -0.4 is 10.6 Å². The van der Waals surface area contributed by atoms with Crippen LogP contribution in [0.25, 0.3) is 11.4 Å². The van der Waals surface area contributed by atoms with E-state index in [4.69, 9.17) is 0 Å². The van der Waals surface area contributed by atoms with Gasteiger partial charge in [-0.25, -0.2) is 9.97 Å². The molecule has 0 saturated carbocycles. The molecule has 0 aliphatic heterocycles. The van der Waals surface area contributed by atoms with E-state index in [1.807, 2.05) is 26.8 Å². The number of rotatable bonds is 11. The summed E-state index contributed by atoms with van der Waals surface area (Å²) in [6.45, 7) is 7.48. The molecule has 0 aliphatic rings. The third-order valence-electron chi connectivity index (χ3n) is 7.26. The average molecular weight is 653 g/mol. The van der Waals surface area contributed by atoms with E-state index in [1.165, 1.54) is 30.4 Å². The Morgan fingerprint density at radius 2 is 1.41 bits per heavy atom. The Morgan fingerprint density at radius 3 is 1.96 bits per heavy atom. The van der Waals surface area contributed by atoms with Crippen molar-refractivity contribution in [3.8, 4) is 11.4 Å². The van der Waals surface area contributed by atoms with Gasteiger partial charge in [-0.3, -0.25) is 14.4 Å². The molecule has 2 atom stereocenters. The van der Waals surface area contributed by atoms with Gasteiger partial charge in [-0.15, -0.1) is 11.3 Å². The summed E-state index contributed by atoms with van der Waals surface area (Å²) < 4.78 is 38.4. The van der Waals surface area contributed by atoms with Gasteiger partial charge in [0.05, 0.1) is 10.4 Å². The average Bonchev–Trinajstić information content (AvgIpc) is 3.52. The second kappa shape index (κ2) is 14.2. The summed E-state index contributed by atoms with van der Waals surface area (Å²) in [5, 5.41) is 14.5. The molecule has 3 N–H and O–H groups in total. The van der Waals surface area contributed by atoms with Crippen LogP contribution in [0.15, 0.2) is 73.1 Å². The van der Waals surface area contributed by atoms with Gasteiger partial charge >= 0.3 is 12.1 Å². The predicted molar refractivity (Wildman–Crippen MR) is 170 cm³/mol. The molecule has 0 fully saturated rings. The van der Waals surface area contributed by atoms with E-state index in [0.29, 0.717) is 23.5 Å². The third kappa shape index (κ3) is 9.23. The van der Waals surface area contributed by atoms with E-state index in [2.05, 4.69) is 20.6 Å². The molecule has 2 amide bonds. The van der Waals surface area contributed by atoms with Crippen LogP contribution in [0.5, 0.6) is 0 Å². The fourth-order valence-corrected chi connectivity index (χ4v) is 5.45. The maximum Gasteiger partial charge on any atom is 0.416 e. The number of carboxylic acid groups (broad SMARTS) is 1. The van der Waals surface area contributed by atoms with E-state index in [-0.39, 0.29) is 11.8 Å². The first-order valence-corrected chi connectivity index (χ1v) is 15.4. The quantitative estimate of drug-likeness (QED) is 0.177. The van der Waals surface area contributed by atoms with Crippen LogP contribution in [-0.2, 0) is 40.4 Å². The third-order valence-corrected chi connectivity index (χ3v) is 8.77. The highest BCUT2D eigenvalue weighted by Crippen LogP contribution is 2.30. The lowest BCUT2D eigenvalue weighted by molar-refractivity contribution is -0.141. The number of carboxylic acids is 1. The number of halogens is 3. The largest absolute Gasteiger partial charge is 0.480 e. The summed E-state index contributed by atoms with van der Waals surface area (Å²) in [6.07, 6.45) is 0.199. The van der Waals surface area contributed by atoms with Gasteiger partial charge in [0.15, 0.2) is 5.82 Å². The lowest BCUT2D eigenvalue weighted by Crippen LogP contribution is -2.51. The van der Waals surface area contributed by atoms with Crippen molar-refractivity contribution >= 4 is 29.1 Å². The Balaban J connectivity index is 1.41. The van der Waals surface area contributed by atoms with Gasteiger partial charge in [-0.1, -0.05) is 57.2 Å². The molecule has 0 spiro atoms. The number of carbonyl (C=O) groups excluding carboxylic acids is 2. The van der Waals surface area contributed by atoms with Crippen molar-refractivity contribution in [2.45, 2.75) is 70.6 Å². The lowest BCUT2D eigenvalue weighted by Gasteiger charge is -2.20. The van der Waals surface area contributed by atoms with Crippen LogP contribution in [-0.4, -0.2) is 44.9 Å². The summed E-state index contributed by atoms with van der Waals surface area (Å²) in [7, 11) is 0. The number of alkyl halides is 3. The van der Waals surface area contributed by atoms with Crippen LogP contribution in [0.4, 0.5) is 13.2 Å². The van der Waals surface area contributed by atoms with E-state index in [1.54, 1.807) is 42.7 Å². The number of benzene rings is 2. The molecule has 2 heterocycles. The Morgan fingerprint density at radius 1 is 0.826 bits per heavy atom. The van der Waals surface area contributed by atoms with E-state index in [0.717, 1.165) is 39.3 Å². The highest BCUT2D eigenvalue weighted by atomic mass is 32.1. The standard InChI is InChI=1S/C34H35F3N4O4S/c1-20(32(44)45)40-30(42)26(41-31(43)27-15-16-28(46-27)33(2,3)4)17-22-7-11-24(12-8-22)29-38-18-23(19-39-29)6-5-21-9-13-25(14-10-21)34(35,36)37/h7-16,18-20,26H,5-6,17H2,1-4H3,(H,40,42)(H,41,43)(H,44,45)/t20-,26+/m1/s1. The normalized spacial score (nSPS) is 13.1. The lowest BCUT2D eigenvalue weighted by atomic mass is 9.95. The van der Waals surface area contributed by atoms with E-state index >= 15 is 0 Å². The molecule has 46 heavy (non-hydrogen) atoms. The smallest absolute Gasteiger partial charge is 0.416 e. The molecule has 0 saturated heterocycles. The molecule has 8 nitrogen and oxygen atoms in total. The zero-order valence-corrected chi connectivity index (χ0v) is 26.6. The first-order valence-electron chi connectivity index (χ1n) is 14.6. The number of aromatic nitrogens is 2. The maximum absolute atomic E-state index is 13.1. The molecular formula is C34H35F3N4O4S. The van der Waals surface area contributed by atoms with Crippen molar-refractivity contribution in [1.82, 2.24) is 20.6 Å². The first kappa shape index (κ1) is 34.3. The number of carbonyl (C=O) groups is 3. The van der Waals surface area contributed by atoms with Crippen LogP contribution >= 0.6 is 11.3 Å². The number of hydrogen-bond acceptors (Lipinski definition) is 6. The molecule has 0 radical (unpaired) electrons. The molecule has 2 aromatic carbocycles. The van der Waals surface area contributed by atoms with E-state index in [9.17, 15) is 32.7 Å². The zero-order valence-electron chi connectivity index (χ0n) is 25.8. The maximum atomic E-state index is 13.1. The highest BCUT2D eigenvalue weighted by molar-refractivity contribution is 7.14. The van der Waals surface area contributed by atoms with Crippen molar-refractivity contribution in [1.29, 1.82) is 0 Å². The molecule has 0 aliphatic carbocycles. The van der Waals surface area contributed by atoms with Gasteiger partial charge in [0, 0.05) is 29.3 Å². The summed E-state index contributed by atoms with van der Waals surface area (Å²) in [5.74, 6) is -1.77. The number of hydrogen-bond donors (Lipinski definition) is 3. The number of thiophene rings is 1. The van der Waals surface area contributed by atoms with Crippen molar-refractivity contribution < 1.29 is 32.7 Å². The van der Waals surface area contributed by atoms with Crippen LogP contribution in [0, 0.1) is 0 Å².